The molecule has 0 atom stereocenters. The molecule has 1 amide bonds. The van der Waals surface area contributed by atoms with Crippen molar-refractivity contribution >= 4 is 17.6 Å². The zero-order valence-electron chi connectivity index (χ0n) is 15.4. The lowest BCUT2D eigenvalue weighted by atomic mass is 10.1. The van der Waals surface area contributed by atoms with Gasteiger partial charge in [-0.05, 0) is 44.0 Å². The van der Waals surface area contributed by atoms with Gasteiger partial charge in [-0.25, -0.2) is 4.79 Å². The Labute approximate surface area is 153 Å². The minimum absolute atomic E-state index is 0.253. The Morgan fingerprint density at radius 2 is 1.69 bits per heavy atom. The van der Waals surface area contributed by atoms with Crippen molar-refractivity contribution in [3.63, 3.8) is 0 Å². The predicted molar refractivity (Wildman–Crippen MR) is 98.7 cm³/mol. The van der Waals surface area contributed by atoms with Gasteiger partial charge in [0.05, 0.1) is 7.11 Å². The Kier molecular flexibility index (Phi) is 6.60. The molecule has 0 unspecified atom stereocenters. The van der Waals surface area contributed by atoms with E-state index in [1.807, 2.05) is 32.9 Å². The molecule has 138 valence electrons. The summed E-state index contributed by atoms with van der Waals surface area (Å²) in [5, 5.41) is 2.63. The molecule has 0 heterocycles. The molecule has 2 aromatic carbocycles. The van der Waals surface area contributed by atoms with E-state index in [0.717, 1.165) is 16.7 Å². The average Bonchev–Trinajstić information content (AvgIpc) is 2.59. The summed E-state index contributed by atoms with van der Waals surface area (Å²) >= 11 is 0. The van der Waals surface area contributed by atoms with E-state index in [1.165, 1.54) is 0 Å². The Balaban J connectivity index is 1.80. The normalized spacial score (nSPS) is 10.2. The third kappa shape index (κ3) is 5.51. The van der Waals surface area contributed by atoms with Gasteiger partial charge in [-0.15, -0.1) is 0 Å². The highest BCUT2D eigenvalue weighted by molar-refractivity contribution is 5.93. The third-order valence-corrected chi connectivity index (χ3v) is 3.66. The van der Waals surface area contributed by atoms with Crippen LogP contribution in [0.2, 0.25) is 0 Å². The molecule has 2 rings (SSSR count). The fourth-order valence-electron chi connectivity index (χ4n) is 2.61. The van der Waals surface area contributed by atoms with Crippen LogP contribution in [0, 0.1) is 20.8 Å². The van der Waals surface area contributed by atoms with Gasteiger partial charge in [0.1, 0.15) is 11.5 Å². The zero-order chi connectivity index (χ0) is 19.1. The first-order chi connectivity index (χ1) is 12.4. The Hall–Kier alpha value is -3.02. The van der Waals surface area contributed by atoms with Crippen LogP contribution in [0.15, 0.2) is 36.4 Å². The van der Waals surface area contributed by atoms with Crippen LogP contribution in [0.3, 0.4) is 0 Å². The zero-order valence-corrected chi connectivity index (χ0v) is 15.4. The first-order valence-electron chi connectivity index (χ1n) is 8.19. The number of amides is 1. The van der Waals surface area contributed by atoms with Crippen LogP contribution in [0.1, 0.15) is 16.7 Å². The van der Waals surface area contributed by atoms with Gasteiger partial charge in [-0.3, -0.25) is 4.79 Å². The predicted octanol–water partition coefficient (Wildman–Crippen LogP) is 3.18. The lowest BCUT2D eigenvalue weighted by Crippen LogP contribution is -2.23. The topological polar surface area (TPSA) is 73.9 Å². The summed E-state index contributed by atoms with van der Waals surface area (Å²) in [4.78, 5) is 23.7. The molecule has 6 heteroatoms. The van der Waals surface area contributed by atoms with Crippen LogP contribution in [0.5, 0.6) is 11.5 Å². The lowest BCUT2D eigenvalue weighted by Gasteiger charge is -2.13. The summed E-state index contributed by atoms with van der Waals surface area (Å²) in [6, 6.07) is 10.9. The van der Waals surface area contributed by atoms with Crippen LogP contribution in [-0.2, 0) is 14.3 Å². The number of hydrogen-bond acceptors (Lipinski definition) is 5. The highest BCUT2D eigenvalue weighted by Crippen LogP contribution is 2.24. The number of aryl methyl sites for hydroxylation is 3. The Morgan fingerprint density at radius 3 is 2.35 bits per heavy atom. The molecule has 2 aromatic rings. The van der Waals surface area contributed by atoms with Gasteiger partial charge in [-0.2, -0.15) is 0 Å². The second-order valence-corrected chi connectivity index (χ2v) is 5.96. The van der Waals surface area contributed by atoms with E-state index in [9.17, 15) is 9.59 Å². The van der Waals surface area contributed by atoms with E-state index >= 15 is 0 Å². The van der Waals surface area contributed by atoms with Crippen molar-refractivity contribution < 1.29 is 23.8 Å². The SMILES string of the molecule is COc1cccc(NC(=O)COC(=O)COc2c(C)cc(C)cc2C)c1. The number of rotatable bonds is 7. The molecule has 0 aliphatic heterocycles. The maximum absolute atomic E-state index is 11.9. The van der Waals surface area contributed by atoms with Gasteiger partial charge in [0.25, 0.3) is 5.91 Å². The first-order valence-corrected chi connectivity index (χ1v) is 8.19. The summed E-state index contributed by atoms with van der Waals surface area (Å²) in [6.07, 6.45) is 0. The molecule has 0 aliphatic carbocycles. The highest BCUT2D eigenvalue weighted by Gasteiger charge is 2.11. The van der Waals surface area contributed by atoms with E-state index in [4.69, 9.17) is 14.2 Å². The highest BCUT2D eigenvalue weighted by atomic mass is 16.6. The van der Waals surface area contributed by atoms with Crippen molar-refractivity contribution in [2.24, 2.45) is 0 Å². The number of carbonyl (C=O) groups is 2. The fraction of sp³-hybridized carbons (Fsp3) is 0.300. The minimum atomic E-state index is -0.606. The van der Waals surface area contributed by atoms with Gasteiger partial charge >= 0.3 is 5.97 Å². The maximum Gasteiger partial charge on any atom is 0.344 e. The molecular formula is C20H23NO5. The number of methoxy groups -OCH3 is 1. The monoisotopic (exact) mass is 357 g/mol. The largest absolute Gasteiger partial charge is 0.497 e. The van der Waals surface area contributed by atoms with E-state index in [0.29, 0.717) is 17.2 Å². The molecule has 0 saturated heterocycles. The number of carbonyl (C=O) groups excluding carboxylic acids is 2. The fourth-order valence-corrected chi connectivity index (χ4v) is 2.61. The third-order valence-electron chi connectivity index (χ3n) is 3.66. The smallest absolute Gasteiger partial charge is 0.344 e. The number of anilines is 1. The quantitative estimate of drug-likeness (QED) is 0.771. The first kappa shape index (κ1) is 19.3. The van der Waals surface area contributed by atoms with E-state index < -0.39 is 11.9 Å². The van der Waals surface area contributed by atoms with Gasteiger partial charge in [0.15, 0.2) is 13.2 Å². The van der Waals surface area contributed by atoms with Gasteiger partial charge in [0.2, 0.25) is 0 Å². The number of benzene rings is 2. The summed E-state index contributed by atoms with van der Waals surface area (Å²) in [7, 11) is 1.54. The molecule has 0 saturated carbocycles. The summed E-state index contributed by atoms with van der Waals surface area (Å²) in [5.41, 5.74) is 3.59. The molecule has 0 aliphatic rings. The van der Waals surface area contributed by atoms with Gasteiger partial charge in [-0.1, -0.05) is 23.8 Å². The van der Waals surface area contributed by atoms with Crippen molar-refractivity contribution in [3.05, 3.63) is 53.1 Å². The molecule has 0 spiro atoms. The van der Waals surface area contributed by atoms with Crippen LogP contribution in [0.25, 0.3) is 0 Å². The van der Waals surface area contributed by atoms with Crippen LogP contribution >= 0.6 is 0 Å². The number of ether oxygens (including phenoxy) is 3. The molecule has 1 N–H and O–H groups in total. The number of hydrogen-bond donors (Lipinski definition) is 1. The minimum Gasteiger partial charge on any atom is -0.497 e. The van der Waals surface area contributed by atoms with E-state index in [2.05, 4.69) is 5.32 Å². The van der Waals surface area contributed by atoms with Crippen LogP contribution in [0.4, 0.5) is 5.69 Å². The number of nitrogens with one attached hydrogen (secondary N) is 1. The van der Waals surface area contributed by atoms with Gasteiger partial charge < -0.3 is 19.5 Å². The molecule has 0 aromatic heterocycles. The number of esters is 1. The standard InChI is InChI=1S/C20H23NO5/c1-13-8-14(2)20(15(3)9-13)26-12-19(23)25-11-18(22)21-16-6-5-7-17(10-16)24-4/h5-10H,11-12H2,1-4H3,(H,21,22). The van der Waals surface area contributed by atoms with Crippen molar-refractivity contribution in [2.45, 2.75) is 20.8 Å². The van der Waals surface area contributed by atoms with Crippen LogP contribution < -0.4 is 14.8 Å². The molecule has 0 radical (unpaired) electrons. The summed E-state index contributed by atoms with van der Waals surface area (Å²) in [6.45, 7) is 5.20. The second-order valence-electron chi connectivity index (χ2n) is 5.96. The van der Waals surface area contributed by atoms with E-state index in [-0.39, 0.29) is 13.2 Å². The summed E-state index contributed by atoms with van der Waals surface area (Å²) in [5.74, 6) is 0.241. The average molecular weight is 357 g/mol. The molecule has 6 nitrogen and oxygen atoms in total. The second kappa shape index (κ2) is 8.89. The molecule has 0 fully saturated rings. The van der Waals surface area contributed by atoms with Crippen molar-refractivity contribution in [3.8, 4) is 11.5 Å². The van der Waals surface area contributed by atoms with Crippen molar-refractivity contribution in [1.29, 1.82) is 0 Å². The molecule has 0 bridgehead atoms. The summed E-state index contributed by atoms with van der Waals surface area (Å²) < 4.78 is 15.6. The lowest BCUT2D eigenvalue weighted by molar-refractivity contribution is -0.149. The molecular weight excluding hydrogens is 334 g/mol. The van der Waals surface area contributed by atoms with E-state index in [1.54, 1.807) is 31.4 Å². The Morgan fingerprint density at radius 1 is 1.00 bits per heavy atom. The van der Waals surface area contributed by atoms with Crippen molar-refractivity contribution in [1.82, 2.24) is 0 Å². The van der Waals surface area contributed by atoms with Crippen LogP contribution in [-0.4, -0.2) is 32.2 Å². The molecule has 26 heavy (non-hydrogen) atoms. The Bertz CT molecular complexity index is 778. The van der Waals surface area contributed by atoms with Crippen molar-refractivity contribution in [2.75, 3.05) is 25.6 Å². The maximum atomic E-state index is 11.9. The van der Waals surface area contributed by atoms with Gasteiger partial charge in [0, 0.05) is 11.8 Å².